The molecular weight excluding hydrogens is 319 g/mol. The van der Waals surface area contributed by atoms with Crippen LogP contribution in [0.5, 0.6) is 0 Å². The molecule has 0 fully saturated rings. The second kappa shape index (κ2) is 13.4. The molecule has 0 aliphatic carbocycles. The SMILES string of the molecule is CCCCCCCCC(C)C(C)(CCCCCCCC)P(=O)(O)O. The molecule has 4 heteroatoms. The first-order valence-corrected chi connectivity index (χ1v) is 12.0. The van der Waals surface area contributed by atoms with E-state index in [-0.39, 0.29) is 5.92 Å². The molecule has 0 aromatic heterocycles. The minimum absolute atomic E-state index is 0.0835. The maximum atomic E-state index is 12.1. The van der Waals surface area contributed by atoms with E-state index in [0.29, 0.717) is 6.42 Å². The molecule has 2 N–H and O–H groups in total. The summed E-state index contributed by atoms with van der Waals surface area (Å²) in [6.07, 6.45) is 15.9. The molecule has 0 aliphatic heterocycles. The van der Waals surface area contributed by atoms with Gasteiger partial charge in [-0.25, -0.2) is 0 Å². The third kappa shape index (κ3) is 9.59. The van der Waals surface area contributed by atoms with Gasteiger partial charge in [-0.3, -0.25) is 4.57 Å². The van der Waals surface area contributed by atoms with Crippen molar-refractivity contribution in [2.45, 2.75) is 123 Å². The fourth-order valence-electron chi connectivity index (χ4n) is 3.48. The van der Waals surface area contributed by atoms with Crippen molar-refractivity contribution in [1.29, 1.82) is 0 Å². The number of unbranched alkanes of at least 4 members (excludes halogenated alkanes) is 10. The summed E-state index contributed by atoms with van der Waals surface area (Å²) in [6, 6.07) is 0. The van der Waals surface area contributed by atoms with E-state index >= 15 is 0 Å². The highest BCUT2D eigenvalue weighted by atomic mass is 31.2. The van der Waals surface area contributed by atoms with Crippen molar-refractivity contribution in [3.8, 4) is 0 Å². The van der Waals surface area contributed by atoms with Crippen LogP contribution >= 0.6 is 7.60 Å². The first kappa shape index (κ1) is 24.1. The third-order valence-electron chi connectivity index (χ3n) is 5.75. The molecule has 0 aliphatic rings. The van der Waals surface area contributed by atoms with Gasteiger partial charge in [-0.2, -0.15) is 0 Å². The molecule has 0 saturated carbocycles. The van der Waals surface area contributed by atoms with Crippen LogP contribution in [0.2, 0.25) is 0 Å². The van der Waals surface area contributed by atoms with Crippen molar-refractivity contribution < 1.29 is 14.4 Å². The zero-order valence-corrected chi connectivity index (χ0v) is 17.6. The normalized spacial score (nSPS) is 16.1. The molecule has 0 saturated heterocycles. The monoisotopic (exact) mass is 362 g/mol. The summed E-state index contributed by atoms with van der Waals surface area (Å²) in [7, 11) is -4.07. The van der Waals surface area contributed by atoms with Gasteiger partial charge < -0.3 is 9.79 Å². The Hall–Kier alpha value is 0.150. The summed E-state index contributed by atoms with van der Waals surface area (Å²) >= 11 is 0. The fourth-order valence-corrected chi connectivity index (χ4v) is 4.64. The Kier molecular flexibility index (Phi) is 13.5. The Balaban J connectivity index is 4.28. The lowest BCUT2D eigenvalue weighted by molar-refractivity contribution is 0.261. The van der Waals surface area contributed by atoms with E-state index in [0.717, 1.165) is 25.7 Å². The molecule has 0 radical (unpaired) electrons. The van der Waals surface area contributed by atoms with Crippen molar-refractivity contribution >= 4 is 7.60 Å². The average Bonchev–Trinajstić information content (AvgIpc) is 2.52. The highest BCUT2D eigenvalue weighted by Crippen LogP contribution is 2.57. The van der Waals surface area contributed by atoms with Crippen molar-refractivity contribution in [3.63, 3.8) is 0 Å². The smallest absolute Gasteiger partial charge is 0.324 e. The zero-order chi connectivity index (χ0) is 18.5. The predicted molar refractivity (Wildman–Crippen MR) is 106 cm³/mol. The Morgan fingerprint density at radius 2 is 1.21 bits per heavy atom. The average molecular weight is 363 g/mol. The summed E-state index contributed by atoms with van der Waals surface area (Å²) in [5.41, 5.74) is 0. The molecule has 0 bridgehead atoms. The summed E-state index contributed by atoms with van der Waals surface area (Å²) < 4.78 is 12.1. The van der Waals surface area contributed by atoms with Crippen LogP contribution in [0.15, 0.2) is 0 Å². The zero-order valence-electron chi connectivity index (χ0n) is 16.7. The Morgan fingerprint density at radius 1 is 0.792 bits per heavy atom. The lowest BCUT2D eigenvalue weighted by atomic mass is 9.85. The molecular formula is C20H43O3P. The van der Waals surface area contributed by atoms with Crippen LogP contribution in [0.25, 0.3) is 0 Å². The largest absolute Gasteiger partial charge is 0.331 e. The number of hydrogen-bond acceptors (Lipinski definition) is 1. The van der Waals surface area contributed by atoms with Gasteiger partial charge in [-0.05, 0) is 25.7 Å². The van der Waals surface area contributed by atoms with E-state index in [2.05, 4.69) is 13.8 Å². The van der Waals surface area contributed by atoms with Crippen LogP contribution in [-0.2, 0) is 4.57 Å². The topological polar surface area (TPSA) is 57.5 Å². The minimum Gasteiger partial charge on any atom is -0.324 e. The van der Waals surface area contributed by atoms with E-state index in [4.69, 9.17) is 0 Å². The second-order valence-corrected chi connectivity index (χ2v) is 9.99. The number of hydrogen-bond donors (Lipinski definition) is 2. The first-order valence-electron chi connectivity index (χ1n) is 10.3. The van der Waals surface area contributed by atoms with E-state index < -0.39 is 12.8 Å². The van der Waals surface area contributed by atoms with Crippen molar-refractivity contribution in [2.24, 2.45) is 5.92 Å². The molecule has 0 spiro atoms. The van der Waals surface area contributed by atoms with Gasteiger partial charge in [0.2, 0.25) is 0 Å². The van der Waals surface area contributed by atoms with E-state index in [9.17, 15) is 14.4 Å². The van der Waals surface area contributed by atoms with Crippen LogP contribution in [0.4, 0.5) is 0 Å². The van der Waals surface area contributed by atoms with Gasteiger partial charge in [0.25, 0.3) is 0 Å². The Morgan fingerprint density at radius 3 is 1.67 bits per heavy atom. The van der Waals surface area contributed by atoms with Crippen LogP contribution in [0.1, 0.15) is 118 Å². The predicted octanol–water partition coefficient (Wildman–Crippen LogP) is 7.06. The van der Waals surface area contributed by atoms with Gasteiger partial charge in [0, 0.05) is 0 Å². The first-order chi connectivity index (χ1) is 11.3. The molecule has 0 heterocycles. The third-order valence-corrected chi connectivity index (χ3v) is 7.75. The Bertz CT molecular complexity index is 340. The Labute approximate surface area is 151 Å². The molecule has 0 aromatic carbocycles. The summed E-state index contributed by atoms with van der Waals surface area (Å²) in [6.45, 7) is 8.29. The summed E-state index contributed by atoms with van der Waals surface area (Å²) in [5, 5.41) is -0.846. The highest BCUT2D eigenvalue weighted by molar-refractivity contribution is 7.53. The van der Waals surface area contributed by atoms with Gasteiger partial charge in [0.1, 0.15) is 0 Å². The van der Waals surface area contributed by atoms with Crippen LogP contribution < -0.4 is 0 Å². The second-order valence-electron chi connectivity index (χ2n) is 7.88. The lowest BCUT2D eigenvalue weighted by Crippen LogP contribution is -2.33. The summed E-state index contributed by atoms with van der Waals surface area (Å²) in [4.78, 5) is 19.9. The molecule has 0 aromatic rings. The van der Waals surface area contributed by atoms with Crippen molar-refractivity contribution in [2.75, 3.05) is 0 Å². The molecule has 24 heavy (non-hydrogen) atoms. The molecule has 3 nitrogen and oxygen atoms in total. The number of rotatable bonds is 16. The van der Waals surface area contributed by atoms with Gasteiger partial charge >= 0.3 is 7.60 Å². The molecule has 0 rings (SSSR count). The van der Waals surface area contributed by atoms with Gasteiger partial charge in [-0.15, -0.1) is 0 Å². The van der Waals surface area contributed by atoms with E-state index in [1.54, 1.807) is 0 Å². The molecule has 0 amide bonds. The standard InChI is InChI=1S/C20H43O3P/c1-5-7-9-11-13-15-17-19(3)20(4,24(21,22)23)18-16-14-12-10-8-6-2/h19H,5-18H2,1-4H3,(H2,21,22,23). The maximum absolute atomic E-state index is 12.1. The summed E-state index contributed by atoms with van der Waals surface area (Å²) in [5.74, 6) is 0.0835. The molecule has 2 unspecified atom stereocenters. The van der Waals surface area contributed by atoms with Crippen LogP contribution in [-0.4, -0.2) is 14.9 Å². The fraction of sp³-hybridized carbons (Fsp3) is 1.00. The van der Waals surface area contributed by atoms with E-state index in [1.165, 1.54) is 57.8 Å². The lowest BCUT2D eigenvalue weighted by Gasteiger charge is -2.36. The molecule has 2 atom stereocenters. The quantitative estimate of drug-likeness (QED) is 0.228. The van der Waals surface area contributed by atoms with Crippen molar-refractivity contribution in [1.82, 2.24) is 0 Å². The van der Waals surface area contributed by atoms with Crippen LogP contribution in [0, 0.1) is 5.92 Å². The minimum atomic E-state index is -4.07. The van der Waals surface area contributed by atoms with Gasteiger partial charge in [-0.1, -0.05) is 97.8 Å². The van der Waals surface area contributed by atoms with E-state index in [1.807, 2.05) is 13.8 Å². The highest BCUT2D eigenvalue weighted by Gasteiger charge is 2.45. The maximum Gasteiger partial charge on any atom is 0.331 e. The molecule has 146 valence electrons. The van der Waals surface area contributed by atoms with Crippen molar-refractivity contribution in [3.05, 3.63) is 0 Å². The van der Waals surface area contributed by atoms with Gasteiger partial charge in [0.05, 0.1) is 5.16 Å². The van der Waals surface area contributed by atoms with Gasteiger partial charge in [0.15, 0.2) is 0 Å². The van der Waals surface area contributed by atoms with Crippen LogP contribution in [0.3, 0.4) is 0 Å².